The Morgan fingerprint density at radius 3 is 2.53 bits per heavy atom. The van der Waals surface area contributed by atoms with Gasteiger partial charge in [-0.2, -0.15) is 0 Å². The summed E-state index contributed by atoms with van der Waals surface area (Å²) < 4.78 is 2.19. The lowest BCUT2D eigenvalue weighted by Crippen LogP contribution is -2.43. The lowest BCUT2D eigenvalue weighted by atomic mass is 10.0. The standard InChI is InChI=1S/C22H35ClN6.HI/c1-5-28(6-2)21(19-11-7-8-12-20(19)23)17-27-22(24-4)26-13-9-10-15-29-16-14-25-18(29)3;/h7-8,11-12,14,16,21H,5-6,9-10,13,15,17H2,1-4H3,(H2,24,26,27);1H. The van der Waals surface area contributed by atoms with Crippen molar-refractivity contribution in [2.24, 2.45) is 4.99 Å². The van der Waals surface area contributed by atoms with E-state index in [2.05, 4.69) is 50.0 Å². The second kappa shape index (κ2) is 14.6. The van der Waals surface area contributed by atoms with E-state index in [0.717, 1.165) is 67.9 Å². The molecule has 2 rings (SSSR count). The average Bonchev–Trinajstić information content (AvgIpc) is 3.14. The molecule has 168 valence electrons. The van der Waals surface area contributed by atoms with Crippen molar-refractivity contribution >= 4 is 41.5 Å². The molecule has 1 aromatic carbocycles. The van der Waals surface area contributed by atoms with E-state index in [1.54, 1.807) is 0 Å². The zero-order valence-corrected chi connectivity index (χ0v) is 21.7. The smallest absolute Gasteiger partial charge is 0.191 e. The van der Waals surface area contributed by atoms with E-state index in [9.17, 15) is 0 Å². The Labute approximate surface area is 203 Å². The highest BCUT2D eigenvalue weighted by Crippen LogP contribution is 2.26. The highest BCUT2D eigenvalue weighted by Gasteiger charge is 2.20. The van der Waals surface area contributed by atoms with Crippen molar-refractivity contribution in [1.29, 1.82) is 0 Å². The Balaban J connectivity index is 0.00000450. The summed E-state index contributed by atoms with van der Waals surface area (Å²) in [6.45, 7) is 11.0. The fourth-order valence-corrected chi connectivity index (χ4v) is 3.78. The van der Waals surface area contributed by atoms with Crippen LogP contribution in [0.3, 0.4) is 0 Å². The maximum atomic E-state index is 6.49. The van der Waals surface area contributed by atoms with Gasteiger partial charge in [-0.05, 0) is 44.5 Å². The molecule has 0 amide bonds. The van der Waals surface area contributed by atoms with E-state index in [-0.39, 0.29) is 30.0 Å². The molecule has 0 spiro atoms. The van der Waals surface area contributed by atoms with Gasteiger partial charge in [0.25, 0.3) is 0 Å². The fraction of sp³-hybridized carbons (Fsp3) is 0.545. The summed E-state index contributed by atoms with van der Waals surface area (Å²) in [6, 6.07) is 8.29. The van der Waals surface area contributed by atoms with E-state index >= 15 is 0 Å². The van der Waals surface area contributed by atoms with Crippen molar-refractivity contribution < 1.29 is 0 Å². The minimum atomic E-state index is 0. The Kier molecular flexibility index (Phi) is 13.0. The Morgan fingerprint density at radius 2 is 1.93 bits per heavy atom. The highest BCUT2D eigenvalue weighted by molar-refractivity contribution is 14.0. The number of nitrogens with one attached hydrogen (secondary N) is 2. The van der Waals surface area contributed by atoms with Crippen LogP contribution in [0.5, 0.6) is 0 Å². The molecule has 0 fully saturated rings. The van der Waals surface area contributed by atoms with Crippen LogP contribution in [0, 0.1) is 6.92 Å². The number of aliphatic imine (C=N–C) groups is 1. The third kappa shape index (κ3) is 8.07. The number of rotatable bonds is 11. The average molecular weight is 547 g/mol. The maximum absolute atomic E-state index is 6.49. The molecular formula is C22H36ClIN6. The number of halogens is 2. The van der Waals surface area contributed by atoms with Crippen LogP contribution in [-0.2, 0) is 6.54 Å². The van der Waals surface area contributed by atoms with Gasteiger partial charge >= 0.3 is 0 Å². The first-order valence-electron chi connectivity index (χ1n) is 10.5. The number of nitrogens with zero attached hydrogens (tertiary/aromatic N) is 4. The lowest BCUT2D eigenvalue weighted by Gasteiger charge is -2.31. The monoisotopic (exact) mass is 546 g/mol. The van der Waals surface area contributed by atoms with Gasteiger partial charge in [0, 0.05) is 44.1 Å². The molecule has 0 aliphatic rings. The van der Waals surface area contributed by atoms with E-state index in [4.69, 9.17) is 11.6 Å². The van der Waals surface area contributed by atoms with Crippen molar-refractivity contribution in [2.45, 2.75) is 46.2 Å². The molecule has 30 heavy (non-hydrogen) atoms. The molecule has 0 aliphatic carbocycles. The zero-order valence-electron chi connectivity index (χ0n) is 18.6. The van der Waals surface area contributed by atoms with Crippen molar-refractivity contribution in [3.05, 3.63) is 53.1 Å². The number of aryl methyl sites for hydroxylation is 2. The minimum Gasteiger partial charge on any atom is -0.356 e. The predicted molar refractivity (Wildman–Crippen MR) is 138 cm³/mol. The van der Waals surface area contributed by atoms with Crippen LogP contribution in [0.25, 0.3) is 0 Å². The Bertz CT molecular complexity index is 760. The van der Waals surface area contributed by atoms with Crippen molar-refractivity contribution in [2.75, 3.05) is 33.2 Å². The van der Waals surface area contributed by atoms with Gasteiger partial charge in [0.15, 0.2) is 5.96 Å². The molecule has 0 radical (unpaired) electrons. The van der Waals surface area contributed by atoms with Crippen LogP contribution in [-0.4, -0.2) is 53.6 Å². The lowest BCUT2D eigenvalue weighted by molar-refractivity contribution is 0.219. The molecule has 6 nitrogen and oxygen atoms in total. The second-order valence-corrected chi connectivity index (χ2v) is 7.42. The van der Waals surface area contributed by atoms with Crippen LogP contribution in [0.4, 0.5) is 0 Å². The summed E-state index contributed by atoms with van der Waals surface area (Å²) in [4.78, 5) is 11.1. The van der Waals surface area contributed by atoms with Gasteiger partial charge in [0.2, 0.25) is 0 Å². The molecule has 2 N–H and O–H groups in total. The first-order chi connectivity index (χ1) is 14.1. The molecule has 8 heteroatoms. The zero-order chi connectivity index (χ0) is 21.1. The topological polar surface area (TPSA) is 57.5 Å². The van der Waals surface area contributed by atoms with Gasteiger partial charge in [-0.15, -0.1) is 24.0 Å². The van der Waals surface area contributed by atoms with Gasteiger partial charge in [-0.25, -0.2) is 4.98 Å². The normalized spacial score (nSPS) is 12.5. The number of aromatic nitrogens is 2. The number of hydrogen-bond acceptors (Lipinski definition) is 3. The molecule has 0 saturated heterocycles. The number of guanidine groups is 1. The van der Waals surface area contributed by atoms with Crippen LogP contribution in [0.2, 0.25) is 5.02 Å². The predicted octanol–water partition coefficient (Wildman–Crippen LogP) is 4.49. The highest BCUT2D eigenvalue weighted by atomic mass is 127. The number of imidazole rings is 1. The molecule has 0 saturated carbocycles. The minimum absolute atomic E-state index is 0. The van der Waals surface area contributed by atoms with E-state index in [1.165, 1.54) is 0 Å². The Hall–Kier alpha value is -1.32. The van der Waals surface area contributed by atoms with Gasteiger partial charge in [-0.3, -0.25) is 9.89 Å². The molecule has 0 bridgehead atoms. The van der Waals surface area contributed by atoms with Crippen LogP contribution >= 0.6 is 35.6 Å². The SMILES string of the molecule is CCN(CC)C(CNC(=NC)NCCCCn1ccnc1C)c1ccccc1Cl.I. The number of likely N-dealkylation sites (N-methyl/N-ethyl adjacent to an activating group) is 1. The van der Waals surface area contributed by atoms with Crippen molar-refractivity contribution in [3.8, 4) is 0 Å². The third-order valence-electron chi connectivity index (χ3n) is 5.25. The van der Waals surface area contributed by atoms with Crippen LogP contribution < -0.4 is 10.6 Å². The second-order valence-electron chi connectivity index (χ2n) is 7.01. The van der Waals surface area contributed by atoms with Gasteiger partial charge < -0.3 is 15.2 Å². The van der Waals surface area contributed by atoms with Gasteiger partial charge in [-0.1, -0.05) is 43.6 Å². The van der Waals surface area contributed by atoms with Crippen molar-refractivity contribution in [1.82, 2.24) is 25.1 Å². The Morgan fingerprint density at radius 1 is 1.20 bits per heavy atom. The first-order valence-corrected chi connectivity index (χ1v) is 10.9. The van der Waals surface area contributed by atoms with Gasteiger partial charge in [0.05, 0.1) is 6.04 Å². The molecule has 1 aromatic heterocycles. The summed E-state index contributed by atoms with van der Waals surface area (Å²) >= 11 is 6.49. The van der Waals surface area contributed by atoms with Gasteiger partial charge in [0.1, 0.15) is 5.82 Å². The molecule has 2 aromatic rings. The fourth-order valence-electron chi connectivity index (χ4n) is 3.51. The third-order valence-corrected chi connectivity index (χ3v) is 5.59. The summed E-state index contributed by atoms with van der Waals surface area (Å²) in [5, 5.41) is 7.71. The first kappa shape index (κ1) is 26.7. The molecule has 1 unspecified atom stereocenters. The quantitative estimate of drug-likeness (QED) is 0.189. The number of unbranched alkanes of at least 4 members (excludes halogenated alkanes) is 1. The maximum Gasteiger partial charge on any atom is 0.191 e. The molecule has 0 aliphatic heterocycles. The summed E-state index contributed by atoms with van der Waals surface area (Å²) in [5.41, 5.74) is 1.15. The van der Waals surface area contributed by atoms with E-state index < -0.39 is 0 Å². The molecule has 1 heterocycles. The van der Waals surface area contributed by atoms with Crippen LogP contribution in [0.15, 0.2) is 41.7 Å². The van der Waals surface area contributed by atoms with Crippen LogP contribution in [0.1, 0.15) is 44.1 Å². The summed E-state index contributed by atoms with van der Waals surface area (Å²) in [7, 11) is 1.81. The molecule has 1 atom stereocenters. The number of benzene rings is 1. The summed E-state index contributed by atoms with van der Waals surface area (Å²) in [6.07, 6.45) is 6.06. The van der Waals surface area contributed by atoms with E-state index in [0.29, 0.717) is 0 Å². The van der Waals surface area contributed by atoms with Crippen molar-refractivity contribution in [3.63, 3.8) is 0 Å². The van der Waals surface area contributed by atoms with E-state index in [1.807, 2.05) is 44.6 Å². The largest absolute Gasteiger partial charge is 0.356 e. The number of hydrogen-bond donors (Lipinski definition) is 2. The summed E-state index contributed by atoms with van der Waals surface area (Å²) in [5.74, 6) is 1.89. The molecular weight excluding hydrogens is 511 g/mol.